The van der Waals surface area contributed by atoms with Gasteiger partial charge in [-0.05, 0) is 25.5 Å². The van der Waals surface area contributed by atoms with Crippen LogP contribution in [0, 0.1) is 5.92 Å². The van der Waals surface area contributed by atoms with Crippen molar-refractivity contribution in [3.8, 4) is 11.3 Å². The van der Waals surface area contributed by atoms with Crippen molar-refractivity contribution in [2.45, 2.75) is 13.3 Å². The van der Waals surface area contributed by atoms with Gasteiger partial charge in [-0.3, -0.25) is 9.89 Å². The third-order valence-electron chi connectivity index (χ3n) is 4.17. The van der Waals surface area contributed by atoms with Crippen molar-refractivity contribution >= 4 is 17.5 Å². The van der Waals surface area contributed by atoms with Crippen LogP contribution < -0.4 is 0 Å². The predicted molar refractivity (Wildman–Crippen MR) is 89.5 cm³/mol. The van der Waals surface area contributed by atoms with Crippen molar-refractivity contribution in [2.24, 2.45) is 5.92 Å². The van der Waals surface area contributed by atoms with Gasteiger partial charge in [0.25, 0.3) is 5.91 Å². The number of ether oxygens (including phenoxy) is 1. The van der Waals surface area contributed by atoms with Crippen LogP contribution in [0.3, 0.4) is 0 Å². The molecular formula is C17H20ClN3O2. The van der Waals surface area contributed by atoms with Crippen LogP contribution in [0.25, 0.3) is 11.3 Å². The molecule has 1 saturated heterocycles. The highest BCUT2D eigenvalue weighted by Crippen LogP contribution is 2.24. The van der Waals surface area contributed by atoms with E-state index in [1.54, 1.807) is 18.3 Å². The number of benzene rings is 1. The molecule has 1 aromatic carbocycles. The Morgan fingerprint density at radius 3 is 2.87 bits per heavy atom. The summed E-state index contributed by atoms with van der Waals surface area (Å²) < 4.78 is 5.41. The quantitative estimate of drug-likeness (QED) is 0.914. The molecule has 1 N–H and O–H groups in total. The number of rotatable bonds is 5. The van der Waals surface area contributed by atoms with E-state index in [1.165, 1.54) is 0 Å². The molecule has 0 saturated carbocycles. The second-order valence-electron chi connectivity index (χ2n) is 5.74. The third-order valence-corrected chi connectivity index (χ3v) is 4.43. The Labute approximate surface area is 140 Å². The normalized spacial score (nSPS) is 17.4. The van der Waals surface area contributed by atoms with Crippen molar-refractivity contribution in [2.75, 3.05) is 26.3 Å². The van der Waals surface area contributed by atoms with Gasteiger partial charge in [0.2, 0.25) is 0 Å². The number of hydrogen-bond donors (Lipinski definition) is 1. The first-order valence-electron chi connectivity index (χ1n) is 7.85. The molecular weight excluding hydrogens is 314 g/mol. The van der Waals surface area contributed by atoms with Gasteiger partial charge in [-0.15, -0.1) is 0 Å². The summed E-state index contributed by atoms with van der Waals surface area (Å²) in [5, 5.41) is 7.65. The smallest absolute Gasteiger partial charge is 0.257 e. The fourth-order valence-corrected chi connectivity index (χ4v) is 2.98. The number of amides is 1. The van der Waals surface area contributed by atoms with Gasteiger partial charge in [0.05, 0.1) is 24.1 Å². The second kappa shape index (κ2) is 7.15. The number of carbonyl (C=O) groups is 1. The Balaban J connectivity index is 1.81. The molecule has 1 fully saturated rings. The average Bonchev–Trinajstić information content (AvgIpc) is 3.24. The van der Waals surface area contributed by atoms with E-state index < -0.39 is 0 Å². The van der Waals surface area contributed by atoms with E-state index in [0.29, 0.717) is 23.0 Å². The van der Waals surface area contributed by atoms with Gasteiger partial charge < -0.3 is 9.64 Å². The lowest BCUT2D eigenvalue weighted by Crippen LogP contribution is -2.35. The molecule has 1 atom stereocenters. The van der Waals surface area contributed by atoms with Gasteiger partial charge >= 0.3 is 0 Å². The standard InChI is InChI=1S/C17H20ClN3O2/c1-2-21(10-12-7-8-23-11-12)17(22)15-9-19-20-16(15)13-3-5-14(18)6-4-13/h3-6,9,12H,2,7-8,10-11H2,1H3,(H,19,20). The molecule has 1 aromatic heterocycles. The SMILES string of the molecule is CCN(CC1CCOC1)C(=O)c1cn[nH]c1-c1ccc(Cl)cc1. The second-order valence-corrected chi connectivity index (χ2v) is 6.18. The maximum atomic E-state index is 12.9. The summed E-state index contributed by atoms with van der Waals surface area (Å²) in [7, 11) is 0. The summed E-state index contributed by atoms with van der Waals surface area (Å²) >= 11 is 5.93. The number of nitrogens with one attached hydrogen (secondary N) is 1. The van der Waals surface area contributed by atoms with Crippen molar-refractivity contribution in [1.29, 1.82) is 0 Å². The molecule has 0 bridgehead atoms. The topological polar surface area (TPSA) is 58.2 Å². The van der Waals surface area contributed by atoms with Crippen LogP contribution in [0.4, 0.5) is 0 Å². The summed E-state index contributed by atoms with van der Waals surface area (Å²) in [5.41, 5.74) is 2.22. The highest BCUT2D eigenvalue weighted by Gasteiger charge is 2.25. The predicted octanol–water partition coefficient (Wildman–Crippen LogP) is 3.23. The van der Waals surface area contributed by atoms with E-state index in [4.69, 9.17) is 16.3 Å². The fraction of sp³-hybridized carbons (Fsp3) is 0.412. The molecule has 3 rings (SSSR count). The third kappa shape index (κ3) is 3.57. The lowest BCUT2D eigenvalue weighted by Gasteiger charge is -2.23. The Morgan fingerprint density at radius 2 is 2.22 bits per heavy atom. The summed E-state index contributed by atoms with van der Waals surface area (Å²) in [5.74, 6) is 0.419. The monoisotopic (exact) mass is 333 g/mol. The molecule has 122 valence electrons. The molecule has 1 unspecified atom stereocenters. The van der Waals surface area contributed by atoms with Crippen LogP contribution in [0.2, 0.25) is 5.02 Å². The minimum atomic E-state index is -0.00176. The molecule has 23 heavy (non-hydrogen) atoms. The maximum Gasteiger partial charge on any atom is 0.257 e. The van der Waals surface area contributed by atoms with Crippen molar-refractivity contribution in [3.05, 3.63) is 41.0 Å². The minimum absolute atomic E-state index is 0.00176. The number of nitrogens with zero attached hydrogens (tertiary/aromatic N) is 2. The first kappa shape index (κ1) is 16.0. The van der Waals surface area contributed by atoms with E-state index in [-0.39, 0.29) is 5.91 Å². The zero-order valence-electron chi connectivity index (χ0n) is 13.1. The Morgan fingerprint density at radius 1 is 1.43 bits per heavy atom. The van der Waals surface area contributed by atoms with Crippen LogP contribution in [-0.4, -0.2) is 47.3 Å². The van der Waals surface area contributed by atoms with Crippen LogP contribution in [0.5, 0.6) is 0 Å². The van der Waals surface area contributed by atoms with Gasteiger partial charge in [-0.1, -0.05) is 23.7 Å². The van der Waals surface area contributed by atoms with Crippen molar-refractivity contribution in [1.82, 2.24) is 15.1 Å². The molecule has 0 aliphatic carbocycles. The lowest BCUT2D eigenvalue weighted by atomic mass is 10.1. The van der Waals surface area contributed by atoms with Gasteiger partial charge in [-0.2, -0.15) is 5.10 Å². The number of hydrogen-bond acceptors (Lipinski definition) is 3. The number of carbonyl (C=O) groups excluding carboxylic acids is 1. The number of H-pyrrole nitrogens is 1. The lowest BCUT2D eigenvalue weighted by molar-refractivity contribution is 0.0731. The van der Waals surface area contributed by atoms with E-state index in [2.05, 4.69) is 10.2 Å². The zero-order valence-corrected chi connectivity index (χ0v) is 13.8. The molecule has 0 spiro atoms. The summed E-state index contributed by atoms with van der Waals surface area (Å²) in [6.07, 6.45) is 2.61. The molecule has 2 heterocycles. The van der Waals surface area contributed by atoms with Gasteiger partial charge in [0.1, 0.15) is 0 Å². The van der Waals surface area contributed by atoms with Gasteiger partial charge in [0.15, 0.2) is 0 Å². The molecule has 1 aliphatic rings. The molecule has 0 radical (unpaired) electrons. The molecule has 5 nitrogen and oxygen atoms in total. The summed E-state index contributed by atoms with van der Waals surface area (Å²) in [6, 6.07) is 7.38. The first-order valence-corrected chi connectivity index (χ1v) is 8.23. The van der Waals surface area contributed by atoms with Crippen LogP contribution in [0.1, 0.15) is 23.7 Å². The average molecular weight is 334 g/mol. The number of aromatic amines is 1. The van der Waals surface area contributed by atoms with Crippen LogP contribution in [-0.2, 0) is 4.74 Å². The van der Waals surface area contributed by atoms with Gasteiger partial charge in [0, 0.05) is 36.2 Å². The minimum Gasteiger partial charge on any atom is -0.381 e. The molecule has 2 aromatic rings. The van der Waals surface area contributed by atoms with Crippen molar-refractivity contribution in [3.63, 3.8) is 0 Å². The van der Waals surface area contributed by atoms with Crippen LogP contribution in [0.15, 0.2) is 30.5 Å². The zero-order chi connectivity index (χ0) is 16.2. The molecule has 6 heteroatoms. The number of aromatic nitrogens is 2. The Hall–Kier alpha value is -1.85. The fourth-order valence-electron chi connectivity index (χ4n) is 2.85. The summed E-state index contributed by atoms with van der Waals surface area (Å²) in [4.78, 5) is 14.7. The highest BCUT2D eigenvalue weighted by molar-refractivity contribution is 6.30. The molecule has 1 amide bonds. The highest BCUT2D eigenvalue weighted by atomic mass is 35.5. The largest absolute Gasteiger partial charge is 0.381 e. The van der Waals surface area contributed by atoms with E-state index >= 15 is 0 Å². The number of halogens is 1. The van der Waals surface area contributed by atoms with E-state index in [1.807, 2.05) is 24.0 Å². The Kier molecular flexibility index (Phi) is 4.98. The Bertz CT molecular complexity index is 663. The van der Waals surface area contributed by atoms with Crippen molar-refractivity contribution < 1.29 is 9.53 Å². The molecule has 1 aliphatic heterocycles. The maximum absolute atomic E-state index is 12.9. The van der Waals surface area contributed by atoms with Gasteiger partial charge in [-0.25, -0.2) is 0 Å². The van der Waals surface area contributed by atoms with Crippen LogP contribution >= 0.6 is 11.6 Å². The van der Waals surface area contributed by atoms with E-state index in [0.717, 1.165) is 37.4 Å². The summed E-state index contributed by atoms with van der Waals surface area (Å²) in [6.45, 7) is 4.91. The first-order chi connectivity index (χ1) is 11.2. The van der Waals surface area contributed by atoms with E-state index in [9.17, 15) is 4.79 Å².